The van der Waals surface area contributed by atoms with Crippen LogP contribution in [0.25, 0.3) is 0 Å². The summed E-state index contributed by atoms with van der Waals surface area (Å²) in [6.45, 7) is 7.59. The monoisotopic (exact) mass is 267 g/mol. The van der Waals surface area contributed by atoms with Gasteiger partial charge in [0.1, 0.15) is 0 Å². The molecule has 5 heteroatoms. The summed E-state index contributed by atoms with van der Waals surface area (Å²) in [4.78, 5) is 4.38. The molecule has 0 radical (unpaired) electrons. The van der Waals surface area contributed by atoms with Crippen LogP contribution in [0.4, 0.5) is 5.95 Å². The Morgan fingerprint density at radius 2 is 2.53 bits per heavy atom. The number of hydrogen-bond acceptors (Lipinski definition) is 4. The van der Waals surface area contributed by atoms with Crippen LogP contribution >= 0.6 is 0 Å². The van der Waals surface area contributed by atoms with Crippen LogP contribution < -0.4 is 5.32 Å². The van der Waals surface area contributed by atoms with E-state index in [2.05, 4.69) is 21.8 Å². The van der Waals surface area contributed by atoms with Crippen LogP contribution in [-0.2, 0) is 16.0 Å². The molecular formula is C14H25N3O2. The first kappa shape index (κ1) is 14.3. The molecule has 0 aliphatic carbocycles. The molecule has 0 spiro atoms. The van der Waals surface area contributed by atoms with Crippen molar-refractivity contribution in [3.8, 4) is 0 Å². The molecule has 1 saturated heterocycles. The first-order valence-electron chi connectivity index (χ1n) is 7.28. The van der Waals surface area contributed by atoms with Crippen molar-refractivity contribution in [3.05, 3.63) is 12.4 Å². The molecule has 1 N–H and O–H groups in total. The van der Waals surface area contributed by atoms with Gasteiger partial charge >= 0.3 is 0 Å². The number of aryl methyl sites for hydroxylation is 1. The van der Waals surface area contributed by atoms with Crippen LogP contribution in [0.2, 0.25) is 0 Å². The molecule has 1 aromatic rings. The Bertz CT molecular complexity index is 361. The Morgan fingerprint density at radius 1 is 1.63 bits per heavy atom. The van der Waals surface area contributed by atoms with Crippen molar-refractivity contribution in [2.24, 2.45) is 0 Å². The fourth-order valence-electron chi connectivity index (χ4n) is 2.40. The van der Waals surface area contributed by atoms with Gasteiger partial charge in [0.25, 0.3) is 0 Å². The van der Waals surface area contributed by atoms with Crippen molar-refractivity contribution >= 4 is 5.95 Å². The summed E-state index contributed by atoms with van der Waals surface area (Å²) in [5.41, 5.74) is 0. The normalized spacial score (nSPS) is 20.6. The molecule has 2 atom stereocenters. The Morgan fingerprint density at radius 3 is 3.26 bits per heavy atom. The van der Waals surface area contributed by atoms with Gasteiger partial charge in [0.2, 0.25) is 5.95 Å². The number of anilines is 1. The van der Waals surface area contributed by atoms with Gasteiger partial charge < -0.3 is 19.4 Å². The molecule has 1 aliphatic rings. The summed E-state index contributed by atoms with van der Waals surface area (Å²) < 4.78 is 13.2. The van der Waals surface area contributed by atoms with Gasteiger partial charge in [-0.2, -0.15) is 0 Å². The highest BCUT2D eigenvalue weighted by atomic mass is 16.5. The molecule has 1 fully saturated rings. The van der Waals surface area contributed by atoms with E-state index >= 15 is 0 Å². The molecule has 0 aromatic carbocycles. The van der Waals surface area contributed by atoms with Gasteiger partial charge in [-0.1, -0.05) is 0 Å². The van der Waals surface area contributed by atoms with E-state index in [1.54, 1.807) is 0 Å². The van der Waals surface area contributed by atoms with Crippen molar-refractivity contribution in [1.82, 2.24) is 9.55 Å². The minimum atomic E-state index is 0.301. The first-order chi connectivity index (χ1) is 9.31. The second-order valence-corrected chi connectivity index (χ2v) is 4.98. The molecule has 0 bridgehead atoms. The third-order valence-corrected chi connectivity index (χ3v) is 3.49. The maximum Gasteiger partial charge on any atom is 0.203 e. The molecule has 2 heterocycles. The maximum atomic E-state index is 5.70. The van der Waals surface area contributed by atoms with E-state index in [9.17, 15) is 0 Å². The highest BCUT2D eigenvalue weighted by Gasteiger charge is 2.23. The second kappa shape index (κ2) is 7.50. The molecule has 19 heavy (non-hydrogen) atoms. The third kappa shape index (κ3) is 4.21. The van der Waals surface area contributed by atoms with E-state index < -0.39 is 0 Å². The summed E-state index contributed by atoms with van der Waals surface area (Å²) in [6, 6.07) is 0.301. The number of imidazole rings is 1. The largest absolute Gasteiger partial charge is 0.382 e. The molecule has 2 rings (SSSR count). The highest BCUT2D eigenvalue weighted by molar-refractivity contribution is 5.27. The average Bonchev–Trinajstić information content (AvgIpc) is 3.06. The Labute approximate surface area is 115 Å². The lowest BCUT2D eigenvalue weighted by Gasteiger charge is -2.21. The van der Waals surface area contributed by atoms with E-state index in [0.717, 1.165) is 45.2 Å². The minimum Gasteiger partial charge on any atom is -0.382 e. The van der Waals surface area contributed by atoms with Crippen LogP contribution in [0.1, 0.15) is 33.1 Å². The predicted molar refractivity (Wildman–Crippen MR) is 75.4 cm³/mol. The Kier molecular flexibility index (Phi) is 5.66. The molecular weight excluding hydrogens is 242 g/mol. The lowest BCUT2D eigenvalue weighted by atomic mass is 10.1. The Balaban J connectivity index is 1.81. The smallest absolute Gasteiger partial charge is 0.203 e. The highest BCUT2D eigenvalue weighted by Crippen LogP contribution is 2.18. The van der Waals surface area contributed by atoms with Gasteiger partial charge in [0.15, 0.2) is 0 Å². The SMILES string of the molecule is CCOCCCn1ccnc1NC(C)C1CCCO1. The van der Waals surface area contributed by atoms with Crippen LogP contribution in [-0.4, -0.2) is 41.5 Å². The van der Waals surface area contributed by atoms with Gasteiger partial charge in [0, 0.05) is 38.8 Å². The molecule has 1 aliphatic heterocycles. The second-order valence-electron chi connectivity index (χ2n) is 4.98. The zero-order chi connectivity index (χ0) is 13.5. The number of rotatable bonds is 8. The predicted octanol–water partition coefficient (Wildman–Crippen LogP) is 2.29. The molecule has 2 unspecified atom stereocenters. The first-order valence-corrected chi connectivity index (χ1v) is 7.28. The van der Waals surface area contributed by atoms with Crippen molar-refractivity contribution < 1.29 is 9.47 Å². The van der Waals surface area contributed by atoms with Gasteiger partial charge in [-0.15, -0.1) is 0 Å². The third-order valence-electron chi connectivity index (χ3n) is 3.49. The summed E-state index contributed by atoms with van der Waals surface area (Å²) in [7, 11) is 0. The Hall–Kier alpha value is -1.07. The molecule has 108 valence electrons. The topological polar surface area (TPSA) is 48.3 Å². The van der Waals surface area contributed by atoms with Gasteiger partial charge in [-0.3, -0.25) is 0 Å². The lowest BCUT2D eigenvalue weighted by Crippen LogP contribution is -2.31. The summed E-state index contributed by atoms with van der Waals surface area (Å²) in [5.74, 6) is 0.930. The van der Waals surface area contributed by atoms with E-state index in [1.165, 1.54) is 6.42 Å². The van der Waals surface area contributed by atoms with Crippen molar-refractivity contribution in [2.75, 3.05) is 25.1 Å². The van der Waals surface area contributed by atoms with Crippen LogP contribution in [0.15, 0.2) is 12.4 Å². The zero-order valence-corrected chi connectivity index (χ0v) is 12.0. The average molecular weight is 267 g/mol. The van der Waals surface area contributed by atoms with Crippen molar-refractivity contribution in [1.29, 1.82) is 0 Å². The number of nitrogens with one attached hydrogen (secondary N) is 1. The van der Waals surface area contributed by atoms with E-state index in [1.807, 2.05) is 19.3 Å². The zero-order valence-electron chi connectivity index (χ0n) is 12.0. The fraction of sp³-hybridized carbons (Fsp3) is 0.786. The van der Waals surface area contributed by atoms with Gasteiger partial charge in [0.05, 0.1) is 12.1 Å². The van der Waals surface area contributed by atoms with Crippen LogP contribution in [0, 0.1) is 0 Å². The minimum absolute atomic E-state index is 0.301. The van der Waals surface area contributed by atoms with Gasteiger partial charge in [-0.25, -0.2) is 4.98 Å². The standard InChI is InChI=1S/C14H25N3O2/c1-3-18-10-5-8-17-9-7-15-14(17)16-12(2)13-6-4-11-19-13/h7,9,12-13H,3-6,8,10-11H2,1-2H3,(H,15,16). The molecule has 5 nitrogen and oxygen atoms in total. The number of ether oxygens (including phenoxy) is 2. The molecule has 0 amide bonds. The fourth-order valence-corrected chi connectivity index (χ4v) is 2.40. The van der Waals surface area contributed by atoms with Crippen molar-refractivity contribution in [2.45, 2.75) is 51.8 Å². The van der Waals surface area contributed by atoms with E-state index in [0.29, 0.717) is 12.1 Å². The number of nitrogens with zero attached hydrogens (tertiary/aromatic N) is 2. The summed E-state index contributed by atoms with van der Waals surface area (Å²) >= 11 is 0. The molecule has 0 saturated carbocycles. The van der Waals surface area contributed by atoms with Gasteiger partial charge in [-0.05, 0) is 33.1 Å². The molecule has 1 aromatic heterocycles. The summed E-state index contributed by atoms with van der Waals surface area (Å²) in [6.07, 6.45) is 7.47. The lowest BCUT2D eigenvalue weighted by molar-refractivity contribution is 0.0993. The quantitative estimate of drug-likeness (QED) is 0.734. The maximum absolute atomic E-state index is 5.70. The van der Waals surface area contributed by atoms with Crippen LogP contribution in [0.5, 0.6) is 0 Å². The van der Waals surface area contributed by atoms with Crippen molar-refractivity contribution in [3.63, 3.8) is 0 Å². The number of aromatic nitrogens is 2. The summed E-state index contributed by atoms with van der Waals surface area (Å²) in [5, 5.41) is 3.46. The van der Waals surface area contributed by atoms with E-state index in [-0.39, 0.29) is 0 Å². The van der Waals surface area contributed by atoms with E-state index in [4.69, 9.17) is 9.47 Å². The van der Waals surface area contributed by atoms with Crippen LogP contribution in [0.3, 0.4) is 0 Å². The number of hydrogen-bond donors (Lipinski definition) is 1.